The van der Waals surface area contributed by atoms with E-state index >= 15 is 0 Å². The molecule has 0 atom stereocenters. The summed E-state index contributed by atoms with van der Waals surface area (Å²) < 4.78 is 0. The Hall–Kier alpha value is -3.65. The summed E-state index contributed by atoms with van der Waals surface area (Å²) in [6, 6.07) is 20.2. The van der Waals surface area contributed by atoms with Crippen molar-refractivity contribution in [3.05, 3.63) is 94.0 Å². The number of nitrogens with zero attached hydrogens (tertiary/aromatic N) is 1. The number of carbonyl (C=O) groups is 2. The predicted molar refractivity (Wildman–Crippen MR) is 118 cm³/mol. The molecule has 3 aromatic carbocycles. The first kappa shape index (κ1) is 21.1. The summed E-state index contributed by atoms with van der Waals surface area (Å²) in [5, 5.41) is 16.2. The van der Waals surface area contributed by atoms with Crippen LogP contribution < -0.4 is 10.6 Å². The number of rotatable bonds is 7. The lowest BCUT2D eigenvalue weighted by molar-refractivity contribution is -0.384. The number of non-ortho nitro benzene ring substituents is 1. The first-order valence-electron chi connectivity index (χ1n) is 9.06. The average Bonchev–Trinajstić information content (AvgIpc) is 2.73. The molecule has 152 valence electrons. The van der Waals surface area contributed by atoms with Crippen molar-refractivity contribution in [2.24, 2.45) is 0 Å². The third-order valence-electron chi connectivity index (χ3n) is 4.10. The number of hydrogen-bond acceptors (Lipinski definition) is 5. The zero-order valence-corrected chi connectivity index (χ0v) is 16.9. The Kier molecular flexibility index (Phi) is 6.82. The number of nitro benzene ring substituents is 1. The molecule has 0 unspecified atom stereocenters. The average molecular weight is 421 g/mol. The van der Waals surface area contributed by atoms with Gasteiger partial charge in [0.15, 0.2) is 0 Å². The van der Waals surface area contributed by atoms with Gasteiger partial charge in [-0.1, -0.05) is 23.8 Å². The second-order valence-electron chi connectivity index (χ2n) is 6.49. The van der Waals surface area contributed by atoms with Crippen molar-refractivity contribution in [1.29, 1.82) is 0 Å². The van der Waals surface area contributed by atoms with Crippen molar-refractivity contribution < 1.29 is 14.5 Å². The van der Waals surface area contributed by atoms with E-state index < -0.39 is 4.92 Å². The maximum atomic E-state index is 12.4. The van der Waals surface area contributed by atoms with Crippen LogP contribution in [0.5, 0.6) is 0 Å². The molecule has 0 saturated heterocycles. The molecule has 0 aromatic heterocycles. The van der Waals surface area contributed by atoms with E-state index in [1.54, 1.807) is 18.2 Å². The van der Waals surface area contributed by atoms with E-state index in [1.165, 1.54) is 36.0 Å². The summed E-state index contributed by atoms with van der Waals surface area (Å²) in [5.41, 5.74) is 2.68. The summed E-state index contributed by atoms with van der Waals surface area (Å²) in [6.07, 6.45) is 0. The minimum Gasteiger partial charge on any atom is -0.325 e. The normalized spacial score (nSPS) is 10.3. The van der Waals surface area contributed by atoms with Gasteiger partial charge in [0.25, 0.3) is 11.6 Å². The molecule has 3 aromatic rings. The molecule has 0 aliphatic carbocycles. The van der Waals surface area contributed by atoms with Crippen molar-refractivity contribution in [2.45, 2.75) is 11.8 Å². The molecule has 0 radical (unpaired) electrons. The van der Waals surface area contributed by atoms with Gasteiger partial charge in [-0.25, -0.2) is 0 Å². The Morgan fingerprint density at radius 3 is 2.37 bits per heavy atom. The molecule has 0 aliphatic heterocycles. The number of benzene rings is 3. The number of nitrogens with one attached hydrogen (secondary N) is 2. The van der Waals surface area contributed by atoms with Crippen molar-refractivity contribution >= 4 is 40.6 Å². The Bertz CT molecular complexity index is 1080. The number of aryl methyl sites for hydroxylation is 1. The molecule has 2 N–H and O–H groups in total. The molecule has 30 heavy (non-hydrogen) atoms. The zero-order chi connectivity index (χ0) is 21.5. The molecule has 0 saturated carbocycles. The predicted octanol–water partition coefficient (Wildman–Crippen LogP) is 4.89. The van der Waals surface area contributed by atoms with Crippen molar-refractivity contribution in [3.8, 4) is 0 Å². The molecule has 3 rings (SSSR count). The van der Waals surface area contributed by atoms with E-state index in [4.69, 9.17) is 0 Å². The van der Waals surface area contributed by atoms with Gasteiger partial charge in [0.2, 0.25) is 5.91 Å². The van der Waals surface area contributed by atoms with Gasteiger partial charge in [-0.2, -0.15) is 0 Å². The molecular formula is C22H19N3O4S. The van der Waals surface area contributed by atoms with Gasteiger partial charge >= 0.3 is 0 Å². The number of amides is 2. The summed E-state index contributed by atoms with van der Waals surface area (Å²) in [4.78, 5) is 35.5. The Balaban J connectivity index is 1.55. The summed E-state index contributed by atoms with van der Waals surface area (Å²) in [5.74, 6) is -0.272. The maximum absolute atomic E-state index is 12.4. The van der Waals surface area contributed by atoms with Crippen LogP contribution >= 0.6 is 11.8 Å². The number of carbonyl (C=O) groups excluding carboxylic acids is 2. The van der Waals surface area contributed by atoms with Gasteiger partial charge in [0, 0.05) is 34.0 Å². The van der Waals surface area contributed by atoms with Crippen LogP contribution in [-0.4, -0.2) is 22.5 Å². The van der Waals surface area contributed by atoms with Crippen LogP contribution in [-0.2, 0) is 4.79 Å². The number of hydrogen-bond donors (Lipinski definition) is 2. The van der Waals surface area contributed by atoms with Gasteiger partial charge < -0.3 is 10.6 Å². The fourth-order valence-corrected chi connectivity index (χ4v) is 3.42. The standard InChI is InChI=1S/C22H19N3O4S/c1-15-4-2-5-16(12-15)22(27)24-18-6-3-7-20(13-18)30-14-21(26)23-17-8-10-19(11-9-17)25(28)29/h2-13H,14H2,1H3,(H,23,26)(H,24,27). The third kappa shape index (κ3) is 5.92. The molecule has 8 heteroatoms. The highest BCUT2D eigenvalue weighted by molar-refractivity contribution is 8.00. The molecule has 0 heterocycles. The van der Waals surface area contributed by atoms with Crippen molar-refractivity contribution in [2.75, 3.05) is 16.4 Å². The Morgan fingerprint density at radius 2 is 1.67 bits per heavy atom. The highest BCUT2D eigenvalue weighted by atomic mass is 32.2. The van der Waals surface area contributed by atoms with E-state index in [2.05, 4.69) is 10.6 Å². The topological polar surface area (TPSA) is 101 Å². The minimum absolute atomic E-state index is 0.0353. The first-order valence-corrected chi connectivity index (χ1v) is 10.0. The van der Waals surface area contributed by atoms with Crippen LogP contribution in [0.4, 0.5) is 17.1 Å². The van der Waals surface area contributed by atoms with Crippen LogP contribution in [0, 0.1) is 17.0 Å². The lowest BCUT2D eigenvalue weighted by Gasteiger charge is -2.08. The Morgan fingerprint density at radius 1 is 0.933 bits per heavy atom. The van der Waals surface area contributed by atoms with Gasteiger partial charge in [0.1, 0.15) is 0 Å². The minimum atomic E-state index is -0.494. The zero-order valence-electron chi connectivity index (χ0n) is 16.1. The summed E-state index contributed by atoms with van der Waals surface area (Å²) in [6.45, 7) is 1.93. The van der Waals surface area contributed by atoms with E-state index in [0.29, 0.717) is 16.9 Å². The highest BCUT2D eigenvalue weighted by Crippen LogP contribution is 2.23. The number of thioether (sulfide) groups is 1. The molecular weight excluding hydrogens is 402 g/mol. The number of nitro groups is 1. The highest BCUT2D eigenvalue weighted by Gasteiger charge is 2.09. The van der Waals surface area contributed by atoms with E-state index in [9.17, 15) is 19.7 Å². The van der Waals surface area contributed by atoms with E-state index in [-0.39, 0.29) is 23.3 Å². The second kappa shape index (κ2) is 9.71. The molecule has 0 bridgehead atoms. The van der Waals surface area contributed by atoms with Gasteiger partial charge in [0.05, 0.1) is 10.7 Å². The first-order chi connectivity index (χ1) is 14.4. The van der Waals surface area contributed by atoms with Gasteiger partial charge in [-0.3, -0.25) is 19.7 Å². The Labute approximate surface area is 177 Å². The molecule has 0 spiro atoms. The maximum Gasteiger partial charge on any atom is 0.269 e. The molecule has 0 fully saturated rings. The van der Waals surface area contributed by atoms with E-state index in [1.807, 2.05) is 37.3 Å². The van der Waals surface area contributed by atoms with Crippen LogP contribution in [0.3, 0.4) is 0 Å². The third-order valence-corrected chi connectivity index (χ3v) is 5.10. The molecule has 2 amide bonds. The van der Waals surface area contributed by atoms with E-state index in [0.717, 1.165) is 10.5 Å². The second-order valence-corrected chi connectivity index (χ2v) is 7.54. The lowest BCUT2D eigenvalue weighted by atomic mass is 10.1. The quantitative estimate of drug-likeness (QED) is 0.321. The lowest BCUT2D eigenvalue weighted by Crippen LogP contribution is -2.14. The van der Waals surface area contributed by atoms with Crippen molar-refractivity contribution in [1.82, 2.24) is 0 Å². The monoisotopic (exact) mass is 421 g/mol. The van der Waals surface area contributed by atoms with Gasteiger partial charge in [-0.15, -0.1) is 11.8 Å². The number of anilines is 2. The van der Waals surface area contributed by atoms with Crippen molar-refractivity contribution in [3.63, 3.8) is 0 Å². The van der Waals surface area contributed by atoms with Crippen LogP contribution in [0.15, 0.2) is 77.7 Å². The fourth-order valence-electron chi connectivity index (χ4n) is 2.67. The van der Waals surface area contributed by atoms with Crippen LogP contribution in [0.25, 0.3) is 0 Å². The van der Waals surface area contributed by atoms with Crippen LogP contribution in [0.1, 0.15) is 15.9 Å². The summed E-state index contributed by atoms with van der Waals surface area (Å²) in [7, 11) is 0. The fraction of sp³-hybridized carbons (Fsp3) is 0.0909. The molecule has 0 aliphatic rings. The molecule has 7 nitrogen and oxygen atoms in total. The smallest absolute Gasteiger partial charge is 0.269 e. The SMILES string of the molecule is Cc1cccc(C(=O)Nc2cccc(SCC(=O)Nc3ccc([N+](=O)[O-])cc3)c2)c1. The summed E-state index contributed by atoms with van der Waals surface area (Å²) >= 11 is 1.32. The van der Waals surface area contributed by atoms with Crippen LogP contribution in [0.2, 0.25) is 0 Å². The van der Waals surface area contributed by atoms with Gasteiger partial charge in [-0.05, 0) is 49.4 Å². The largest absolute Gasteiger partial charge is 0.325 e.